The Balaban J connectivity index is 2.32. The Morgan fingerprint density at radius 3 is 1.88 bits per heavy atom. The molecule has 2 atom stereocenters. The summed E-state index contributed by atoms with van der Waals surface area (Å²) in [5.41, 5.74) is 2.42. The summed E-state index contributed by atoms with van der Waals surface area (Å²) in [6, 6.07) is 3.67. The minimum atomic E-state index is -3.14. The quantitative estimate of drug-likeness (QED) is 0.746. The lowest BCUT2D eigenvalue weighted by atomic mass is 9.78. The molecule has 1 aromatic carbocycles. The third kappa shape index (κ3) is 4.74. The first-order valence-corrected chi connectivity index (χ1v) is 10.6. The van der Waals surface area contributed by atoms with Gasteiger partial charge < -0.3 is 15.5 Å². The number of hydrogen-bond donors (Lipinski definition) is 3. The fourth-order valence-electron chi connectivity index (χ4n) is 3.32. The van der Waals surface area contributed by atoms with Gasteiger partial charge in [-0.3, -0.25) is 0 Å². The van der Waals surface area contributed by atoms with Crippen LogP contribution in [0.5, 0.6) is 5.75 Å². The number of quaternary nitrogens is 1. The molecule has 5 nitrogen and oxygen atoms in total. The highest BCUT2D eigenvalue weighted by Gasteiger charge is 2.39. The lowest BCUT2D eigenvalue weighted by molar-refractivity contribution is -0.705. The summed E-state index contributed by atoms with van der Waals surface area (Å²) in [5, 5.41) is 22.6. The summed E-state index contributed by atoms with van der Waals surface area (Å²) in [5.74, 6) is 0.210. The van der Waals surface area contributed by atoms with E-state index in [1.54, 1.807) is 0 Å². The molecule has 0 radical (unpaired) electrons. The van der Waals surface area contributed by atoms with Gasteiger partial charge in [-0.05, 0) is 23.0 Å². The van der Waals surface area contributed by atoms with E-state index in [0.717, 1.165) is 16.7 Å². The van der Waals surface area contributed by atoms with Gasteiger partial charge in [-0.2, -0.15) is 0 Å². The van der Waals surface area contributed by atoms with Crippen molar-refractivity contribution < 1.29 is 23.9 Å². The van der Waals surface area contributed by atoms with Crippen molar-refractivity contribution in [1.29, 1.82) is 0 Å². The highest BCUT2D eigenvalue weighted by atomic mass is 32.2. The first-order valence-electron chi connectivity index (χ1n) is 8.79. The minimum absolute atomic E-state index is 0.0184. The van der Waals surface area contributed by atoms with E-state index in [2.05, 4.69) is 41.5 Å². The highest BCUT2D eigenvalue weighted by molar-refractivity contribution is 7.91. The summed E-state index contributed by atoms with van der Waals surface area (Å²) < 4.78 is 23.3. The van der Waals surface area contributed by atoms with Crippen LogP contribution in [0.2, 0.25) is 0 Å². The molecule has 0 unspecified atom stereocenters. The van der Waals surface area contributed by atoms with Gasteiger partial charge >= 0.3 is 0 Å². The standard InChI is InChI=1S/C19H31NO4S/c1-18(2,3)13-7-12(8-14(17(13)22)19(4,5)6)9-20-15-10-25(23,24)11-16(15)21/h7-8,15-16,20-22H,9-11H2,1-6H3/p+1/t15-,16-/m0/s1. The van der Waals surface area contributed by atoms with Crippen molar-refractivity contribution in [2.75, 3.05) is 11.5 Å². The molecule has 1 aliphatic rings. The Labute approximate surface area is 151 Å². The van der Waals surface area contributed by atoms with Crippen LogP contribution < -0.4 is 5.32 Å². The van der Waals surface area contributed by atoms with Gasteiger partial charge in [0.25, 0.3) is 0 Å². The zero-order valence-corrected chi connectivity index (χ0v) is 16.9. The number of benzene rings is 1. The number of nitrogens with two attached hydrogens (primary N) is 1. The molecule has 0 bridgehead atoms. The number of hydrogen-bond acceptors (Lipinski definition) is 4. The molecule has 0 aromatic heterocycles. The predicted molar refractivity (Wildman–Crippen MR) is 99.6 cm³/mol. The van der Waals surface area contributed by atoms with Crippen molar-refractivity contribution in [3.05, 3.63) is 28.8 Å². The van der Waals surface area contributed by atoms with Gasteiger partial charge in [-0.15, -0.1) is 0 Å². The average molecular weight is 371 g/mol. The number of phenolic OH excluding ortho intramolecular Hbond substituents is 1. The summed E-state index contributed by atoms with van der Waals surface area (Å²) in [6.07, 6.45) is -0.814. The van der Waals surface area contributed by atoms with Gasteiger partial charge in [0.2, 0.25) is 0 Å². The Bertz CT molecular complexity index is 707. The second-order valence-electron chi connectivity index (χ2n) is 9.29. The summed E-state index contributed by atoms with van der Waals surface area (Å²) in [6.45, 7) is 13.0. The molecule has 1 aromatic rings. The van der Waals surface area contributed by atoms with E-state index in [9.17, 15) is 18.6 Å². The number of phenols is 1. The average Bonchev–Trinajstić information content (AvgIpc) is 2.67. The van der Waals surface area contributed by atoms with Crippen molar-refractivity contribution >= 4 is 9.84 Å². The Morgan fingerprint density at radius 2 is 1.52 bits per heavy atom. The zero-order valence-electron chi connectivity index (χ0n) is 16.1. The zero-order chi connectivity index (χ0) is 19.2. The van der Waals surface area contributed by atoms with Gasteiger partial charge in [0, 0.05) is 16.7 Å². The monoisotopic (exact) mass is 370 g/mol. The van der Waals surface area contributed by atoms with E-state index in [1.165, 1.54) is 0 Å². The lowest BCUT2D eigenvalue weighted by Crippen LogP contribution is -2.91. The Morgan fingerprint density at radius 1 is 1.04 bits per heavy atom. The first-order chi connectivity index (χ1) is 11.2. The smallest absolute Gasteiger partial charge is 0.159 e. The molecule has 1 fully saturated rings. The Kier molecular flexibility index (Phi) is 5.30. The third-order valence-corrected chi connectivity index (χ3v) is 6.55. The molecule has 0 aliphatic carbocycles. The second kappa shape index (κ2) is 6.56. The molecule has 25 heavy (non-hydrogen) atoms. The molecule has 0 saturated carbocycles. The molecule has 1 heterocycles. The molecular weight excluding hydrogens is 338 g/mol. The van der Waals surface area contributed by atoms with Gasteiger partial charge in [0.15, 0.2) is 9.84 Å². The minimum Gasteiger partial charge on any atom is -0.507 e. The third-order valence-electron chi connectivity index (χ3n) is 4.81. The predicted octanol–water partition coefficient (Wildman–Crippen LogP) is 1.21. The molecule has 0 amide bonds. The maximum atomic E-state index is 11.7. The van der Waals surface area contributed by atoms with Crippen molar-refractivity contribution in [3.8, 4) is 5.75 Å². The molecule has 1 aliphatic heterocycles. The normalized spacial score (nSPS) is 23.8. The fraction of sp³-hybridized carbons (Fsp3) is 0.684. The van der Waals surface area contributed by atoms with E-state index in [1.807, 2.05) is 17.4 Å². The summed E-state index contributed by atoms with van der Waals surface area (Å²) in [4.78, 5) is 0. The second-order valence-corrected chi connectivity index (χ2v) is 11.4. The molecule has 6 heteroatoms. The molecule has 4 N–H and O–H groups in total. The van der Waals surface area contributed by atoms with Crippen LogP contribution in [0.4, 0.5) is 0 Å². The van der Waals surface area contributed by atoms with E-state index in [4.69, 9.17) is 0 Å². The van der Waals surface area contributed by atoms with Crippen molar-refractivity contribution in [2.45, 2.75) is 71.1 Å². The maximum Gasteiger partial charge on any atom is 0.159 e. The number of aliphatic hydroxyl groups excluding tert-OH is 1. The largest absolute Gasteiger partial charge is 0.507 e. The maximum absolute atomic E-state index is 11.7. The van der Waals surface area contributed by atoms with Crippen LogP contribution in [0, 0.1) is 0 Å². The molecule has 2 rings (SSSR count). The number of sulfone groups is 1. The highest BCUT2D eigenvalue weighted by Crippen LogP contribution is 2.39. The topological polar surface area (TPSA) is 91.2 Å². The van der Waals surface area contributed by atoms with Crippen LogP contribution in [0.1, 0.15) is 58.2 Å². The molecule has 0 spiro atoms. The van der Waals surface area contributed by atoms with Gasteiger partial charge in [0.1, 0.15) is 30.2 Å². The Hall–Kier alpha value is -1.11. The van der Waals surface area contributed by atoms with Crippen LogP contribution in [-0.4, -0.2) is 42.3 Å². The van der Waals surface area contributed by atoms with E-state index >= 15 is 0 Å². The van der Waals surface area contributed by atoms with Crippen molar-refractivity contribution in [1.82, 2.24) is 0 Å². The van der Waals surface area contributed by atoms with Crippen LogP contribution >= 0.6 is 0 Å². The van der Waals surface area contributed by atoms with E-state index in [0.29, 0.717) is 12.3 Å². The van der Waals surface area contributed by atoms with Crippen LogP contribution in [0.15, 0.2) is 12.1 Å². The van der Waals surface area contributed by atoms with Gasteiger partial charge in [-0.25, -0.2) is 8.42 Å². The van der Waals surface area contributed by atoms with Crippen LogP contribution in [-0.2, 0) is 27.2 Å². The molecule has 1 saturated heterocycles. The summed E-state index contributed by atoms with van der Waals surface area (Å²) in [7, 11) is -3.14. The lowest BCUT2D eigenvalue weighted by Gasteiger charge is -2.28. The van der Waals surface area contributed by atoms with Crippen molar-refractivity contribution in [3.63, 3.8) is 0 Å². The summed E-state index contributed by atoms with van der Waals surface area (Å²) >= 11 is 0. The van der Waals surface area contributed by atoms with Crippen LogP contribution in [0.25, 0.3) is 0 Å². The van der Waals surface area contributed by atoms with Gasteiger partial charge in [-0.1, -0.05) is 41.5 Å². The van der Waals surface area contributed by atoms with Crippen LogP contribution in [0.3, 0.4) is 0 Å². The number of aliphatic hydroxyl groups is 1. The molecule has 142 valence electrons. The molecular formula is C19H32NO4S+. The van der Waals surface area contributed by atoms with E-state index in [-0.39, 0.29) is 28.4 Å². The SMILES string of the molecule is CC(C)(C)c1cc(C[NH2+][C@H]2CS(=O)(=O)C[C@@H]2O)cc(C(C)(C)C)c1O. The van der Waals surface area contributed by atoms with E-state index < -0.39 is 15.9 Å². The van der Waals surface area contributed by atoms with Crippen molar-refractivity contribution in [2.24, 2.45) is 0 Å². The number of rotatable bonds is 3. The first kappa shape index (κ1) is 20.2. The van der Waals surface area contributed by atoms with Gasteiger partial charge in [0.05, 0.1) is 5.75 Å². The fourth-order valence-corrected chi connectivity index (χ4v) is 5.17. The number of aromatic hydroxyl groups is 1.